The fourth-order valence-corrected chi connectivity index (χ4v) is 3.85. The summed E-state index contributed by atoms with van der Waals surface area (Å²) < 4.78 is 31.2. The lowest BCUT2D eigenvalue weighted by atomic mass is 10.3. The van der Waals surface area contributed by atoms with E-state index in [4.69, 9.17) is 10.5 Å². The van der Waals surface area contributed by atoms with E-state index in [1.807, 2.05) is 0 Å². The molecule has 3 amide bonds. The minimum atomic E-state index is -3.83. The summed E-state index contributed by atoms with van der Waals surface area (Å²) in [7, 11) is -3.83. The predicted octanol–water partition coefficient (Wildman–Crippen LogP) is -0.0470. The molecule has 1 aliphatic heterocycles. The molecule has 1 aromatic rings. The van der Waals surface area contributed by atoms with Crippen molar-refractivity contribution in [1.82, 2.24) is 9.62 Å². The maximum Gasteiger partial charge on any atom is 0.318 e. The summed E-state index contributed by atoms with van der Waals surface area (Å²) in [5.74, 6) is -1.19. The van der Waals surface area contributed by atoms with Gasteiger partial charge in [0.15, 0.2) is 12.4 Å². The van der Waals surface area contributed by atoms with Crippen LogP contribution < -0.4 is 15.8 Å². The first-order valence-electron chi connectivity index (χ1n) is 7.22. The monoisotopic (exact) mass is 372 g/mol. The van der Waals surface area contributed by atoms with Crippen LogP contribution >= 0.6 is 0 Å². The minimum absolute atomic E-state index is 0.227. The molecule has 1 aliphatic rings. The highest BCUT2D eigenvalue weighted by molar-refractivity contribution is 7.89. The van der Waals surface area contributed by atoms with Crippen molar-refractivity contribution in [3.8, 4) is 5.75 Å². The van der Waals surface area contributed by atoms with Gasteiger partial charge in [-0.15, -0.1) is 0 Å². The zero-order chi connectivity index (χ0) is 18.6. The first-order chi connectivity index (χ1) is 11.7. The van der Waals surface area contributed by atoms with E-state index >= 15 is 0 Å². The number of primary amides is 1. The van der Waals surface area contributed by atoms with Gasteiger partial charge in [-0.25, -0.2) is 13.2 Å². The van der Waals surface area contributed by atoms with Crippen LogP contribution in [0.2, 0.25) is 0 Å². The summed E-state index contributed by atoms with van der Waals surface area (Å²) >= 11 is 0. The van der Waals surface area contributed by atoms with E-state index in [0.717, 1.165) is 25.0 Å². The molecular weight excluding hydrogens is 356 g/mol. The SMILES string of the molecule is NC(=O)NC(=O)COc1ccc(S(=O)(=O)N2CCCC2)cc1[N+](=O)[O-]. The van der Waals surface area contributed by atoms with Crippen LogP contribution in [0.5, 0.6) is 5.75 Å². The Kier molecular flexibility index (Phi) is 5.54. The normalized spacial score (nSPS) is 14.9. The van der Waals surface area contributed by atoms with Crippen molar-refractivity contribution in [3.63, 3.8) is 0 Å². The summed E-state index contributed by atoms with van der Waals surface area (Å²) in [6, 6.07) is 2.06. The molecule has 1 saturated heterocycles. The lowest BCUT2D eigenvalue weighted by Crippen LogP contribution is -2.38. The Labute approximate surface area is 142 Å². The van der Waals surface area contributed by atoms with E-state index < -0.39 is 39.2 Å². The van der Waals surface area contributed by atoms with Gasteiger partial charge in [-0.1, -0.05) is 0 Å². The molecule has 0 bridgehead atoms. The second-order valence-corrected chi connectivity index (χ2v) is 7.14. The van der Waals surface area contributed by atoms with Crippen LogP contribution in [0.15, 0.2) is 23.1 Å². The second-order valence-electron chi connectivity index (χ2n) is 5.20. The van der Waals surface area contributed by atoms with Crippen LogP contribution in [0.4, 0.5) is 10.5 Å². The number of hydrogen-bond donors (Lipinski definition) is 2. The highest BCUT2D eigenvalue weighted by Gasteiger charge is 2.30. The predicted molar refractivity (Wildman–Crippen MR) is 84.3 cm³/mol. The van der Waals surface area contributed by atoms with Gasteiger partial charge < -0.3 is 10.5 Å². The molecule has 2 rings (SSSR count). The van der Waals surface area contributed by atoms with Crippen LogP contribution in [0.3, 0.4) is 0 Å². The van der Waals surface area contributed by atoms with Crippen LogP contribution in [0.25, 0.3) is 0 Å². The number of nitro groups is 1. The topological polar surface area (TPSA) is 162 Å². The Morgan fingerprint density at radius 3 is 2.52 bits per heavy atom. The third-order valence-corrected chi connectivity index (χ3v) is 5.35. The van der Waals surface area contributed by atoms with Crippen molar-refractivity contribution in [2.75, 3.05) is 19.7 Å². The number of carbonyl (C=O) groups is 2. The Balaban J connectivity index is 2.24. The van der Waals surface area contributed by atoms with Gasteiger partial charge in [0.25, 0.3) is 5.91 Å². The van der Waals surface area contributed by atoms with E-state index in [2.05, 4.69) is 0 Å². The molecule has 11 nitrogen and oxygen atoms in total. The molecule has 0 saturated carbocycles. The van der Waals surface area contributed by atoms with Gasteiger partial charge in [0.1, 0.15) is 0 Å². The van der Waals surface area contributed by atoms with Crippen LogP contribution in [-0.4, -0.2) is 49.3 Å². The number of ether oxygens (including phenoxy) is 1. The first-order valence-corrected chi connectivity index (χ1v) is 8.66. The Morgan fingerprint density at radius 2 is 1.96 bits per heavy atom. The third-order valence-electron chi connectivity index (χ3n) is 3.45. The molecule has 0 unspecified atom stereocenters. The molecule has 3 N–H and O–H groups in total. The summed E-state index contributed by atoms with van der Waals surface area (Å²) in [4.78, 5) is 32.0. The molecule has 136 valence electrons. The number of benzene rings is 1. The summed E-state index contributed by atoms with van der Waals surface area (Å²) in [5.41, 5.74) is 4.16. The number of nitrogens with two attached hydrogens (primary N) is 1. The van der Waals surface area contributed by atoms with Gasteiger partial charge in [-0.2, -0.15) is 4.31 Å². The molecule has 0 aliphatic carbocycles. The van der Waals surface area contributed by atoms with Gasteiger partial charge in [0.2, 0.25) is 10.0 Å². The molecule has 0 atom stereocenters. The van der Waals surface area contributed by atoms with E-state index in [1.165, 1.54) is 10.4 Å². The number of carbonyl (C=O) groups excluding carboxylic acids is 2. The average Bonchev–Trinajstić information content (AvgIpc) is 3.07. The summed E-state index contributed by atoms with van der Waals surface area (Å²) in [6.45, 7) is 0.0331. The molecule has 0 radical (unpaired) electrons. The minimum Gasteiger partial charge on any atom is -0.477 e. The van der Waals surface area contributed by atoms with Crippen LogP contribution in [0, 0.1) is 10.1 Å². The average molecular weight is 372 g/mol. The molecule has 0 spiro atoms. The fourth-order valence-electron chi connectivity index (χ4n) is 2.32. The van der Waals surface area contributed by atoms with Crippen LogP contribution in [0.1, 0.15) is 12.8 Å². The lowest BCUT2D eigenvalue weighted by molar-refractivity contribution is -0.386. The number of rotatable bonds is 6. The van der Waals surface area contributed by atoms with Crippen molar-refractivity contribution < 1.29 is 27.7 Å². The van der Waals surface area contributed by atoms with Gasteiger partial charge in [0, 0.05) is 19.2 Å². The first kappa shape index (κ1) is 18.6. The zero-order valence-electron chi connectivity index (χ0n) is 13.0. The molecule has 1 aromatic carbocycles. The Bertz CT molecular complexity index is 803. The number of amides is 3. The smallest absolute Gasteiger partial charge is 0.318 e. The van der Waals surface area contributed by atoms with Crippen LogP contribution in [-0.2, 0) is 14.8 Å². The largest absolute Gasteiger partial charge is 0.477 e. The number of nitrogens with zero attached hydrogens (tertiary/aromatic N) is 2. The van der Waals surface area contributed by atoms with E-state index in [1.54, 1.807) is 5.32 Å². The third kappa shape index (κ3) is 4.42. The van der Waals surface area contributed by atoms with Crippen molar-refractivity contribution in [1.29, 1.82) is 0 Å². The van der Waals surface area contributed by atoms with Crippen molar-refractivity contribution >= 4 is 27.6 Å². The number of urea groups is 1. The maximum atomic E-state index is 12.5. The van der Waals surface area contributed by atoms with Gasteiger partial charge in [-0.3, -0.25) is 20.2 Å². The van der Waals surface area contributed by atoms with Gasteiger partial charge in [-0.05, 0) is 25.0 Å². The quantitative estimate of drug-likeness (QED) is 0.522. The summed E-state index contributed by atoms with van der Waals surface area (Å²) in [5, 5.41) is 12.9. The molecule has 1 fully saturated rings. The van der Waals surface area contributed by atoms with Crippen molar-refractivity contribution in [2.45, 2.75) is 17.7 Å². The highest BCUT2D eigenvalue weighted by atomic mass is 32.2. The Morgan fingerprint density at radius 1 is 1.32 bits per heavy atom. The molecule has 0 aromatic heterocycles. The second kappa shape index (κ2) is 7.44. The molecule has 12 heteroatoms. The van der Waals surface area contributed by atoms with Crippen molar-refractivity contribution in [2.24, 2.45) is 5.73 Å². The van der Waals surface area contributed by atoms with Gasteiger partial charge in [0.05, 0.1) is 9.82 Å². The maximum absolute atomic E-state index is 12.5. The zero-order valence-corrected chi connectivity index (χ0v) is 13.8. The summed E-state index contributed by atoms with van der Waals surface area (Å²) in [6.07, 6.45) is 1.47. The van der Waals surface area contributed by atoms with Gasteiger partial charge >= 0.3 is 11.7 Å². The molecule has 25 heavy (non-hydrogen) atoms. The number of sulfonamides is 1. The molecular formula is C13H16N4O7S. The number of hydrogen-bond acceptors (Lipinski definition) is 7. The highest BCUT2D eigenvalue weighted by Crippen LogP contribution is 2.31. The number of nitro benzene ring substituents is 1. The number of imide groups is 1. The Hall–Kier alpha value is -2.73. The standard InChI is InChI=1S/C13H16N4O7S/c14-13(19)15-12(18)8-24-11-4-3-9(7-10(11)17(20)21)25(22,23)16-5-1-2-6-16/h3-4,7H,1-2,5-6,8H2,(H3,14,15,18,19). The fraction of sp³-hybridized carbons (Fsp3) is 0.385. The lowest BCUT2D eigenvalue weighted by Gasteiger charge is -2.15. The van der Waals surface area contributed by atoms with E-state index in [9.17, 15) is 28.1 Å². The van der Waals surface area contributed by atoms with E-state index in [0.29, 0.717) is 13.1 Å². The van der Waals surface area contributed by atoms with E-state index in [-0.39, 0.29) is 10.6 Å². The number of nitrogens with one attached hydrogen (secondary N) is 1. The molecule has 1 heterocycles. The van der Waals surface area contributed by atoms with Crippen molar-refractivity contribution in [3.05, 3.63) is 28.3 Å².